The van der Waals surface area contributed by atoms with Crippen molar-refractivity contribution in [3.05, 3.63) is 57.5 Å². The van der Waals surface area contributed by atoms with E-state index in [1.807, 2.05) is 18.2 Å². The van der Waals surface area contributed by atoms with Crippen LogP contribution in [0.1, 0.15) is 17.3 Å². The number of hydrogen-bond donors (Lipinski definition) is 1. The van der Waals surface area contributed by atoms with E-state index in [2.05, 4.69) is 50.1 Å². The van der Waals surface area contributed by atoms with Crippen molar-refractivity contribution in [2.75, 3.05) is 42.9 Å². The summed E-state index contributed by atoms with van der Waals surface area (Å²) in [6.07, 6.45) is 0. The molecule has 132 valence electrons. The molecule has 0 aromatic heterocycles. The molecule has 2 aromatic rings. The summed E-state index contributed by atoms with van der Waals surface area (Å²) in [4.78, 5) is 17.2. The molecule has 0 aliphatic carbocycles. The number of carbonyl (C=O) groups excluding carboxylic acids is 1. The molecule has 0 bridgehead atoms. The van der Waals surface area contributed by atoms with E-state index in [0.29, 0.717) is 10.6 Å². The summed E-state index contributed by atoms with van der Waals surface area (Å²) < 4.78 is 0.823. The standard InChI is InChI=1S/C19H21BrClN3O/c1-2-23-9-11-24(12-10-23)16-6-4-15(5-7-16)22-19(25)17-13-14(20)3-8-18(17)21/h3-8,13H,2,9-12H2,1H3,(H,22,25). The Morgan fingerprint density at radius 2 is 1.80 bits per heavy atom. The molecule has 0 unspecified atom stereocenters. The average Bonchev–Trinajstić information content (AvgIpc) is 2.64. The number of nitrogens with zero attached hydrogens (tertiary/aromatic N) is 2. The van der Waals surface area contributed by atoms with Gasteiger partial charge in [0.15, 0.2) is 0 Å². The first-order chi connectivity index (χ1) is 12.1. The Bertz CT molecular complexity index is 743. The maximum absolute atomic E-state index is 12.4. The van der Waals surface area contributed by atoms with Crippen molar-refractivity contribution in [1.82, 2.24) is 4.90 Å². The number of halogens is 2. The van der Waals surface area contributed by atoms with E-state index >= 15 is 0 Å². The summed E-state index contributed by atoms with van der Waals surface area (Å²) in [6.45, 7) is 7.56. The largest absolute Gasteiger partial charge is 0.369 e. The summed E-state index contributed by atoms with van der Waals surface area (Å²) in [6, 6.07) is 13.2. The SMILES string of the molecule is CCN1CCN(c2ccc(NC(=O)c3cc(Br)ccc3Cl)cc2)CC1. The lowest BCUT2D eigenvalue weighted by molar-refractivity contribution is 0.102. The topological polar surface area (TPSA) is 35.6 Å². The maximum atomic E-state index is 12.4. The number of benzene rings is 2. The van der Waals surface area contributed by atoms with Crippen molar-refractivity contribution in [2.24, 2.45) is 0 Å². The van der Waals surface area contributed by atoms with Crippen LogP contribution in [0.4, 0.5) is 11.4 Å². The Balaban J connectivity index is 1.65. The molecule has 1 heterocycles. The van der Waals surface area contributed by atoms with Crippen LogP contribution < -0.4 is 10.2 Å². The summed E-state index contributed by atoms with van der Waals surface area (Å²) in [5.41, 5.74) is 2.40. The van der Waals surface area contributed by atoms with E-state index in [-0.39, 0.29) is 5.91 Å². The van der Waals surface area contributed by atoms with Crippen molar-refractivity contribution >= 4 is 44.8 Å². The van der Waals surface area contributed by atoms with E-state index in [0.717, 1.165) is 42.9 Å². The first-order valence-electron chi connectivity index (χ1n) is 8.40. The molecule has 1 saturated heterocycles. The highest BCUT2D eigenvalue weighted by Crippen LogP contribution is 2.23. The van der Waals surface area contributed by atoms with Gasteiger partial charge in [0.1, 0.15) is 0 Å². The van der Waals surface area contributed by atoms with E-state index in [1.165, 1.54) is 5.69 Å². The molecule has 1 aliphatic heterocycles. The van der Waals surface area contributed by atoms with Crippen LogP contribution in [0.2, 0.25) is 5.02 Å². The van der Waals surface area contributed by atoms with Crippen molar-refractivity contribution in [3.63, 3.8) is 0 Å². The van der Waals surface area contributed by atoms with Crippen LogP contribution in [-0.2, 0) is 0 Å². The minimum absolute atomic E-state index is 0.212. The van der Waals surface area contributed by atoms with Gasteiger partial charge < -0.3 is 15.1 Å². The van der Waals surface area contributed by atoms with Crippen LogP contribution in [0.3, 0.4) is 0 Å². The van der Waals surface area contributed by atoms with Gasteiger partial charge in [-0.3, -0.25) is 4.79 Å². The summed E-state index contributed by atoms with van der Waals surface area (Å²) in [5.74, 6) is -0.212. The second kappa shape index (κ2) is 8.21. The molecule has 4 nitrogen and oxygen atoms in total. The van der Waals surface area contributed by atoms with E-state index in [1.54, 1.807) is 12.1 Å². The van der Waals surface area contributed by atoms with E-state index in [9.17, 15) is 4.79 Å². The van der Waals surface area contributed by atoms with Gasteiger partial charge in [-0.1, -0.05) is 34.5 Å². The van der Waals surface area contributed by atoms with Crippen molar-refractivity contribution in [3.8, 4) is 0 Å². The monoisotopic (exact) mass is 421 g/mol. The van der Waals surface area contributed by atoms with Crippen LogP contribution in [-0.4, -0.2) is 43.5 Å². The molecule has 3 rings (SSSR count). The van der Waals surface area contributed by atoms with Crippen LogP contribution in [0.15, 0.2) is 46.9 Å². The molecule has 0 spiro atoms. The molecular weight excluding hydrogens is 402 g/mol. The zero-order chi connectivity index (χ0) is 17.8. The lowest BCUT2D eigenvalue weighted by atomic mass is 10.2. The quantitative estimate of drug-likeness (QED) is 0.788. The number of rotatable bonds is 4. The molecule has 25 heavy (non-hydrogen) atoms. The molecule has 1 amide bonds. The Labute approximate surface area is 161 Å². The highest BCUT2D eigenvalue weighted by atomic mass is 79.9. The summed E-state index contributed by atoms with van der Waals surface area (Å²) in [7, 11) is 0. The number of carbonyl (C=O) groups is 1. The molecule has 6 heteroatoms. The average molecular weight is 423 g/mol. The number of amides is 1. The maximum Gasteiger partial charge on any atom is 0.257 e. The lowest BCUT2D eigenvalue weighted by Crippen LogP contribution is -2.46. The predicted molar refractivity (Wildman–Crippen MR) is 108 cm³/mol. The fraction of sp³-hybridized carbons (Fsp3) is 0.316. The highest BCUT2D eigenvalue weighted by molar-refractivity contribution is 9.10. The fourth-order valence-electron chi connectivity index (χ4n) is 2.95. The van der Waals surface area contributed by atoms with Crippen molar-refractivity contribution < 1.29 is 4.79 Å². The first kappa shape index (κ1) is 18.2. The van der Waals surface area contributed by atoms with Gasteiger partial charge in [0, 0.05) is 42.0 Å². The van der Waals surface area contributed by atoms with Crippen LogP contribution in [0.25, 0.3) is 0 Å². The predicted octanol–water partition coefficient (Wildman–Crippen LogP) is 4.50. The van der Waals surface area contributed by atoms with Gasteiger partial charge in [0.2, 0.25) is 0 Å². The molecule has 1 N–H and O–H groups in total. The van der Waals surface area contributed by atoms with E-state index < -0.39 is 0 Å². The molecule has 1 fully saturated rings. The van der Waals surface area contributed by atoms with Crippen LogP contribution in [0, 0.1) is 0 Å². The number of likely N-dealkylation sites (N-methyl/N-ethyl adjacent to an activating group) is 1. The van der Waals surface area contributed by atoms with Gasteiger partial charge in [0.05, 0.1) is 10.6 Å². The van der Waals surface area contributed by atoms with Gasteiger partial charge in [-0.05, 0) is 49.0 Å². The highest BCUT2D eigenvalue weighted by Gasteiger charge is 2.16. The third-order valence-corrected chi connectivity index (χ3v) is 5.31. The third-order valence-electron chi connectivity index (χ3n) is 4.48. The second-order valence-electron chi connectivity index (χ2n) is 6.05. The van der Waals surface area contributed by atoms with Crippen LogP contribution >= 0.6 is 27.5 Å². The Morgan fingerprint density at radius 3 is 2.44 bits per heavy atom. The van der Waals surface area contributed by atoms with Gasteiger partial charge in [-0.25, -0.2) is 0 Å². The van der Waals surface area contributed by atoms with Crippen LogP contribution in [0.5, 0.6) is 0 Å². The molecule has 0 atom stereocenters. The van der Waals surface area contributed by atoms with Gasteiger partial charge in [-0.15, -0.1) is 0 Å². The van der Waals surface area contributed by atoms with Crippen molar-refractivity contribution in [2.45, 2.75) is 6.92 Å². The molecule has 0 saturated carbocycles. The Morgan fingerprint density at radius 1 is 1.12 bits per heavy atom. The van der Waals surface area contributed by atoms with Gasteiger partial charge in [-0.2, -0.15) is 0 Å². The summed E-state index contributed by atoms with van der Waals surface area (Å²) >= 11 is 9.48. The summed E-state index contributed by atoms with van der Waals surface area (Å²) in [5, 5.41) is 3.34. The minimum atomic E-state index is -0.212. The van der Waals surface area contributed by atoms with E-state index in [4.69, 9.17) is 11.6 Å². The molecule has 2 aromatic carbocycles. The normalized spacial score (nSPS) is 15.2. The second-order valence-corrected chi connectivity index (χ2v) is 7.37. The number of piperazine rings is 1. The zero-order valence-corrected chi connectivity index (χ0v) is 16.5. The Hall–Kier alpha value is -1.56. The van der Waals surface area contributed by atoms with Crippen molar-refractivity contribution in [1.29, 1.82) is 0 Å². The number of hydrogen-bond acceptors (Lipinski definition) is 3. The number of anilines is 2. The number of nitrogens with one attached hydrogen (secondary N) is 1. The lowest BCUT2D eigenvalue weighted by Gasteiger charge is -2.35. The minimum Gasteiger partial charge on any atom is -0.369 e. The third kappa shape index (κ3) is 4.54. The van der Waals surface area contributed by atoms with Gasteiger partial charge in [0.25, 0.3) is 5.91 Å². The molecule has 1 aliphatic rings. The first-order valence-corrected chi connectivity index (χ1v) is 9.57. The van der Waals surface area contributed by atoms with Gasteiger partial charge >= 0.3 is 0 Å². The molecule has 0 radical (unpaired) electrons. The zero-order valence-electron chi connectivity index (χ0n) is 14.1. The smallest absolute Gasteiger partial charge is 0.257 e. The molecular formula is C19H21BrClN3O. The fourth-order valence-corrected chi connectivity index (χ4v) is 3.51. The Kier molecular flexibility index (Phi) is 5.99.